The van der Waals surface area contributed by atoms with Crippen LogP contribution in [0.4, 0.5) is 0 Å². The minimum atomic E-state index is -0.623. The Bertz CT molecular complexity index is 589. The summed E-state index contributed by atoms with van der Waals surface area (Å²) in [5, 5.41) is 12.0. The van der Waals surface area contributed by atoms with Crippen LogP contribution in [0.5, 0.6) is 0 Å². The number of aliphatic hydroxyl groups is 1. The minimum absolute atomic E-state index is 0.101. The van der Waals surface area contributed by atoms with Crippen molar-refractivity contribution in [3.63, 3.8) is 0 Å². The molecule has 0 aliphatic heterocycles. The third kappa shape index (κ3) is 2.76. The van der Waals surface area contributed by atoms with Gasteiger partial charge < -0.3 is 15.0 Å². The van der Waals surface area contributed by atoms with E-state index in [-0.39, 0.29) is 18.6 Å². The van der Waals surface area contributed by atoms with Crippen molar-refractivity contribution >= 4 is 16.9 Å². The van der Waals surface area contributed by atoms with E-state index in [0.29, 0.717) is 0 Å². The van der Waals surface area contributed by atoms with Crippen LogP contribution in [-0.2, 0) is 4.79 Å². The fourth-order valence-electron chi connectivity index (χ4n) is 1.89. The van der Waals surface area contributed by atoms with Gasteiger partial charge in [0, 0.05) is 0 Å². The Morgan fingerprint density at radius 3 is 2.84 bits per heavy atom. The van der Waals surface area contributed by atoms with Crippen LogP contribution in [0.1, 0.15) is 26.8 Å². The van der Waals surface area contributed by atoms with E-state index in [1.54, 1.807) is 20.2 Å². The molecule has 1 atom stereocenters. The van der Waals surface area contributed by atoms with Crippen molar-refractivity contribution in [3.8, 4) is 0 Å². The van der Waals surface area contributed by atoms with Crippen molar-refractivity contribution in [2.24, 2.45) is 0 Å². The zero-order chi connectivity index (χ0) is 14.0. The van der Waals surface area contributed by atoms with Gasteiger partial charge in [-0.05, 0) is 32.9 Å². The van der Waals surface area contributed by atoms with Gasteiger partial charge in [-0.1, -0.05) is 12.1 Å². The second-order valence-corrected chi connectivity index (χ2v) is 5.35. The van der Waals surface area contributed by atoms with Crippen LogP contribution in [0, 0.1) is 0 Å². The van der Waals surface area contributed by atoms with Gasteiger partial charge in [0.1, 0.15) is 6.04 Å². The Morgan fingerprint density at radius 1 is 1.47 bits per heavy atom. The Kier molecular flexibility index (Phi) is 3.57. The lowest BCUT2D eigenvalue weighted by molar-refractivity contribution is -0.125. The predicted octanol–water partition coefficient (Wildman–Crippen LogP) is 1.48. The van der Waals surface area contributed by atoms with Gasteiger partial charge in [-0.3, -0.25) is 4.79 Å². The average molecular weight is 261 g/mol. The van der Waals surface area contributed by atoms with Gasteiger partial charge in [-0.2, -0.15) is 0 Å². The van der Waals surface area contributed by atoms with Crippen LogP contribution < -0.4 is 5.32 Å². The number of hydrogen-bond donors (Lipinski definition) is 2. The van der Waals surface area contributed by atoms with E-state index < -0.39 is 5.54 Å². The van der Waals surface area contributed by atoms with Crippen molar-refractivity contribution in [2.45, 2.75) is 32.4 Å². The zero-order valence-electron chi connectivity index (χ0n) is 11.4. The molecule has 1 unspecified atom stereocenters. The molecule has 1 aromatic carbocycles. The first-order valence-electron chi connectivity index (χ1n) is 6.29. The van der Waals surface area contributed by atoms with Gasteiger partial charge in [0.15, 0.2) is 0 Å². The van der Waals surface area contributed by atoms with Crippen molar-refractivity contribution in [1.29, 1.82) is 0 Å². The molecule has 5 nitrogen and oxygen atoms in total. The lowest BCUT2D eigenvalue weighted by Gasteiger charge is -2.26. The summed E-state index contributed by atoms with van der Waals surface area (Å²) in [7, 11) is 0. The van der Waals surface area contributed by atoms with Gasteiger partial charge in [-0.15, -0.1) is 0 Å². The number of imidazole rings is 1. The molecule has 19 heavy (non-hydrogen) atoms. The van der Waals surface area contributed by atoms with Crippen molar-refractivity contribution in [1.82, 2.24) is 14.9 Å². The molecule has 0 aliphatic rings. The number of aliphatic hydroxyl groups excluding tert-OH is 1. The first kappa shape index (κ1) is 13.5. The lowest BCUT2D eigenvalue weighted by atomic mass is 10.1. The van der Waals surface area contributed by atoms with Gasteiger partial charge >= 0.3 is 0 Å². The monoisotopic (exact) mass is 261 g/mol. The number of aromatic nitrogens is 2. The van der Waals surface area contributed by atoms with E-state index in [1.807, 2.05) is 35.8 Å². The van der Waals surface area contributed by atoms with Crippen LogP contribution in [0.2, 0.25) is 0 Å². The molecule has 0 saturated heterocycles. The Labute approximate surface area is 112 Å². The predicted molar refractivity (Wildman–Crippen MR) is 73.8 cm³/mol. The average Bonchev–Trinajstić information content (AvgIpc) is 2.81. The highest BCUT2D eigenvalue weighted by Gasteiger charge is 2.24. The molecule has 0 aliphatic carbocycles. The van der Waals surface area contributed by atoms with Crippen molar-refractivity contribution in [3.05, 3.63) is 30.6 Å². The maximum Gasteiger partial charge on any atom is 0.243 e. The Balaban J connectivity index is 2.24. The van der Waals surface area contributed by atoms with Crippen LogP contribution in [0.3, 0.4) is 0 Å². The molecule has 2 rings (SSSR count). The standard InChI is InChI=1S/C14H19N3O2/c1-10(13(19)16-14(2,3)8-18)17-9-15-11-6-4-5-7-12(11)17/h4-7,9-10,18H,8H2,1-3H3,(H,16,19). The van der Waals surface area contributed by atoms with E-state index in [2.05, 4.69) is 10.3 Å². The fraction of sp³-hybridized carbons (Fsp3) is 0.429. The normalized spacial score (nSPS) is 13.5. The largest absolute Gasteiger partial charge is 0.394 e. The summed E-state index contributed by atoms with van der Waals surface area (Å²) in [4.78, 5) is 16.5. The van der Waals surface area contributed by atoms with Crippen LogP contribution in [0.15, 0.2) is 30.6 Å². The van der Waals surface area contributed by atoms with Crippen LogP contribution >= 0.6 is 0 Å². The molecular formula is C14H19N3O2. The number of rotatable bonds is 4. The topological polar surface area (TPSA) is 67.2 Å². The molecule has 102 valence electrons. The van der Waals surface area contributed by atoms with Gasteiger partial charge in [0.2, 0.25) is 5.91 Å². The molecule has 1 aromatic heterocycles. The fourth-order valence-corrected chi connectivity index (χ4v) is 1.89. The quantitative estimate of drug-likeness (QED) is 0.876. The molecule has 2 N–H and O–H groups in total. The number of fused-ring (bicyclic) bond motifs is 1. The third-order valence-corrected chi connectivity index (χ3v) is 3.13. The van der Waals surface area contributed by atoms with E-state index in [0.717, 1.165) is 11.0 Å². The van der Waals surface area contributed by atoms with E-state index in [1.165, 1.54) is 0 Å². The number of nitrogens with one attached hydrogen (secondary N) is 1. The van der Waals surface area contributed by atoms with Gasteiger partial charge in [0.05, 0.1) is 29.5 Å². The smallest absolute Gasteiger partial charge is 0.243 e. The molecule has 2 aromatic rings. The van der Waals surface area contributed by atoms with Gasteiger partial charge in [-0.25, -0.2) is 4.98 Å². The molecule has 1 heterocycles. The Hall–Kier alpha value is -1.88. The molecule has 1 amide bonds. The second-order valence-electron chi connectivity index (χ2n) is 5.35. The summed E-state index contributed by atoms with van der Waals surface area (Å²) in [5.41, 5.74) is 1.16. The molecule has 0 radical (unpaired) electrons. The first-order valence-corrected chi connectivity index (χ1v) is 6.29. The molecule has 0 bridgehead atoms. The SMILES string of the molecule is CC(C(=O)NC(C)(C)CO)n1cnc2ccccc21. The minimum Gasteiger partial charge on any atom is -0.394 e. The number of benzene rings is 1. The van der Waals surface area contributed by atoms with Crippen molar-refractivity contribution in [2.75, 3.05) is 6.61 Å². The van der Waals surface area contributed by atoms with Crippen LogP contribution in [-0.4, -0.2) is 32.7 Å². The zero-order valence-corrected chi connectivity index (χ0v) is 11.4. The van der Waals surface area contributed by atoms with Crippen molar-refractivity contribution < 1.29 is 9.90 Å². The van der Waals surface area contributed by atoms with E-state index in [4.69, 9.17) is 0 Å². The molecule has 0 fully saturated rings. The first-order chi connectivity index (χ1) is 8.94. The number of carbonyl (C=O) groups excluding carboxylic acids is 1. The Morgan fingerprint density at radius 2 is 2.16 bits per heavy atom. The molecule has 5 heteroatoms. The molecule has 0 saturated carbocycles. The molecular weight excluding hydrogens is 242 g/mol. The number of para-hydroxylation sites is 2. The maximum atomic E-state index is 12.2. The highest BCUT2D eigenvalue weighted by molar-refractivity contribution is 5.84. The summed E-state index contributed by atoms with van der Waals surface area (Å²) < 4.78 is 1.83. The van der Waals surface area contributed by atoms with Gasteiger partial charge in [0.25, 0.3) is 0 Å². The van der Waals surface area contributed by atoms with E-state index >= 15 is 0 Å². The number of hydrogen-bond acceptors (Lipinski definition) is 3. The summed E-state index contributed by atoms with van der Waals surface area (Å²) in [6.45, 7) is 5.28. The molecule has 0 spiro atoms. The third-order valence-electron chi connectivity index (χ3n) is 3.13. The highest BCUT2D eigenvalue weighted by atomic mass is 16.3. The highest BCUT2D eigenvalue weighted by Crippen LogP contribution is 2.18. The summed E-state index contributed by atoms with van der Waals surface area (Å²) in [5.74, 6) is -0.137. The number of amides is 1. The van der Waals surface area contributed by atoms with E-state index in [9.17, 15) is 9.90 Å². The van der Waals surface area contributed by atoms with Crippen LogP contribution in [0.25, 0.3) is 11.0 Å². The summed E-state index contributed by atoms with van der Waals surface area (Å²) >= 11 is 0. The summed E-state index contributed by atoms with van der Waals surface area (Å²) in [6.07, 6.45) is 1.67. The lowest BCUT2D eigenvalue weighted by Crippen LogP contribution is -2.48. The number of carbonyl (C=O) groups is 1. The summed E-state index contributed by atoms with van der Waals surface area (Å²) in [6, 6.07) is 7.30. The second kappa shape index (κ2) is 5.01. The number of nitrogens with zero attached hydrogens (tertiary/aromatic N) is 2. The maximum absolute atomic E-state index is 12.2.